The standard InChI is InChI=1S/C23H29FN2O4S/c1-2-30-21-12-10-20(11-13-21)26(31(28,29)22-14-8-19(24)9-15-22)17-23(27)25-16-18-6-4-3-5-7-18/h8-15,18H,2-7,16-17H2,1H3,(H,25,27). The van der Waals surface area contributed by atoms with E-state index in [0.717, 1.165) is 42.1 Å². The second kappa shape index (κ2) is 10.6. The number of benzene rings is 2. The van der Waals surface area contributed by atoms with Crippen molar-refractivity contribution in [2.75, 3.05) is 24.0 Å². The number of hydrogen-bond donors (Lipinski definition) is 1. The third-order valence-corrected chi connectivity index (χ3v) is 7.23. The van der Waals surface area contributed by atoms with Crippen molar-refractivity contribution in [3.05, 3.63) is 54.3 Å². The molecular weight excluding hydrogens is 419 g/mol. The third kappa shape index (κ3) is 6.19. The number of halogens is 1. The van der Waals surface area contributed by atoms with Crippen LogP contribution in [0.25, 0.3) is 0 Å². The molecule has 0 spiro atoms. The van der Waals surface area contributed by atoms with Crippen LogP contribution in [-0.2, 0) is 14.8 Å². The predicted molar refractivity (Wildman–Crippen MR) is 118 cm³/mol. The minimum atomic E-state index is -4.07. The van der Waals surface area contributed by atoms with Crippen molar-refractivity contribution < 1.29 is 22.3 Å². The molecule has 0 aliphatic heterocycles. The van der Waals surface area contributed by atoms with Crippen LogP contribution in [0.5, 0.6) is 5.75 Å². The second-order valence-corrected chi connectivity index (χ2v) is 9.56. The van der Waals surface area contributed by atoms with E-state index in [1.54, 1.807) is 24.3 Å². The molecule has 0 heterocycles. The van der Waals surface area contributed by atoms with Gasteiger partial charge in [0.1, 0.15) is 18.1 Å². The Morgan fingerprint density at radius 3 is 2.32 bits per heavy atom. The molecule has 1 saturated carbocycles. The van der Waals surface area contributed by atoms with Crippen molar-refractivity contribution in [1.29, 1.82) is 0 Å². The van der Waals surface area contributed by atoms with E-state index in [9.17, 15) is 17.6 Å². The fourth-order valence-electron chi connectivity index (χ4n) is 3.76. The molecule has 1 N–H and O–H groups in total. The van der Waals surface area contributed by atoms with Crippen molar-refractivity contribution in [1.82, 2.24) is 5.32 Å². The molecule has 2 aromatic rings. The zero-order chi connectivity index (χ0) is 22.3. The maximum absolute atomic E-state index is 13.3. The Morgan fingerprint density at radius 2 is 1.71 bits per heavy atom. The Morgan fingerprint density at radius 1 is 1.06 bits per heavy atom. The number of hydrogen-bond acceptors (Lipinski definition) is 4. The first-order valence-electron chi connectivity index (χ1n) is 10.7. The van der Waals surface area contributed by atoms with Gasteiger partial charge in [-0.3, -0.25) is 9.10 Å². The summed E-state index contributed by atoms with van der Waals surface area (Å²) < 4.78 is 46.4. The van der Waals surface area contributed by atoms with Crippen LogP contribution in [-0.4, -0.2) is 34.0 Å². The normalized spacial score (nSPS) is 14.8. The number of nitrogens with zero attached hydrogens (tertiary/aromatic N) is 1. The van der Waals surface area contributed by atoms with Gasteiger partial charge in [0.25, 0.3) is 10.0 Å². The quantitative estimate of drug-likeness (QED) is 0.626. The topological polar surface area (TPSA) is 75.7 Å². The second-order valence-electron chi connectivity index (χ2n) is 7.70. The molecule has 1 aliphatic carbocycles. The van der Waals surface area contributed by atoms with Gasteiger partial charge in [0.2, 0.25) is 5.91 Å². The van der Waals surface area contributed by atoms with Gasteiger partial charge in [-0.1, -0.05) is 19.3 Å². The van der Waals surface area contributed by atoms with Gasteiger partial charge in [0, 0.05) is 6.54 Å². The smallest absolute Gasteiger partial charge is 0.264 e. The van der Waals surface area contributed by atoms with Crippen LogP contribution in [0.3, 0.4) is 0 Å². The first kappa shape index (κ1) is 23.1. The predicted octanol–water partition coefficient (Wildman–Crippen LogP) is 4.12. The van der Waals surface area contributed by atoms with E-state index in [2.05, 4.69) is 5.32 Å². The van der Waals surface area contributed by atoms with E-state index in [1.165, 1.54) is 18.6 Å². The van der Waals surface area contributed by atoms with E-state index < -0.39 is 15.8 Å². The van der Waals surface area contributed by atoms with Crippen molar-refractivity contribution in [3.8, 4) is 5.75 Å². The number of anilines is 1. The summed E-state index contributed by atoms with van der Waals surface area (Å²) in [5.74, 6) is 0.138. The number of ether oxygens (including phenoxy) is 1. The highest BCUT2D eigenvalue weighted by Gasteiger charge is 2.27. The van der Waals surface area contributed by atoms with Gasteiger partial charge in [-0.25, -0.2) is 12.8 Å². The summed E-state index contributed by atoms with van der Waals surface area (Å²) in [7, 11) is -4.07. The van der Waals surface area contributed by atoms with Crippen LogP contribution < -0.4 is 14.4 Å². The fourth-order valence-corrected chi connectivity index (χ4v) is 5.18. The lowest BCUT2D eigenvalue weighted by atomic mass is 9.89. The highest BCUT2D eigenvalue weighted by Crippen LogP contribution is 2.26. The largest absolute Gasteiger partial charge is 0.494 e. The molecule has 1 aliphatic rings. The molecule has 2 aromatic carbocycles. The molecule has 8 heteroatoms. The van der Waals surface area contributed by atoms with Crippen molar-refractivity contribution in [2.45, 2.75) is 43.9 Å². The van der Waals surface area contributed by atoms with Crippen molar-refractivity contribution in [3.63, 3.8) is 0 Å². The molecule has 1 amide bonds. The van der Waals surface area contributed by atoms with Gasteiger partial charge in [0.05, 0.1) is 17.2 Å². The third-order valence-electron chi connectivity index (χ3n) is 5.44. The Bertz CT molecular complexity index is 956. The molecule has 1 fully saturated rings. The maximum Gasteiger partial charge on any atom is 0.264 e. The number of sulfonamides is 1. The molecule has 168 valence electrons. The molecule has 0 unspecified atom stereocenters. The van der Waals surface area contributed by atoms with E-state index in [1.807, 2.05) is 6.92 Å². The molecule has 31 heavy (non-hydrogen) atoms. The van der Waals surface area contributed by atoms with Crippen LogP contribution in [0.15, 0.2) is 53.4 Å². The van der Waals surface area contributed by atoms with Crippen LogP contribution in [0.4, 0.5) is 10.1 Å². The number of carbonyl (C=O) groups excluding carboxylic acids is 1. The first-order valence-corrected chi connectivity index (χ1v) is 12.1. The lowest BCUT2D eigenvalue weighted by Gasteiger charge is -2.26. The number of amides is 1. The highest BCUT2D eigenvalue weighted by atomic mass is 32.2. The fraction of sp³-hybridized carbons (Fsp3) is 0.435. The summed E-state index contributed by atoms with van der Waals surface area (Å²) in [6, 6.07) is 11.1. The average molecular weight is 449 g/mol. The Hall–Kier alpha value is -2.61. The Kier molecular flexibility index (Phi) is 7.90. The van der Waals surface area contributed by atoms with Gasteiger partial charge in [-0.05, 0) is 74.2 Å². The van der Waals surface area contributed by atoms with Crippen LogP contribution >= 0.6 is 0 Å². The lowest BCUT2D eigenvalue weighted by Crippen LogP contribution is -2.42. The lowest BCUT2D eigenvalue weighted by molar-refractivity contribution is -0.119. The van der Waals surface area contributed by atoms with Crippen molar-refractivity contribution >= 4 is 21.6 Å². The molecule has 0 bridgehead atoms. The summed E-state index contributed by atoms with van der Waals surface area (Å²) in [5, 5.41) is 2.89. The van der Waals surface area contributed by atoms with E-state index in [0.29, 0.717) is 30.5 Å². The summed E-state index contributed by atoms with van der Waals surface area (Å²) >= 11 is 0. The number of carbonyl (C=O) groups is 1. The average Bonchev–Trinajstić information content (AvgIpc) is 2.78. The van der Waals surface area contributed by atoms with E-state index >= 15 is 0 Å². The van der Waals surface area contributed by atoms with E-state index in [-0.39, 0.29) is 17.3 Å². The first-order chi connectivity index (χ1) is 14.9. The summed E-state index contributed by atoms with van der Waals surface area (Å²) in [6.07, 6.45) is 5.72. The van der Waals surface area contributed by atoms with Gasteiger partial charge >= 0.3 is 0 Å². The highest BCUT2D eigenvalue weighted by molar-refractivity contribution is 7.92. The molecule has 0 atom stereocenters. The van der Waals surface area contributed by atoms with Gasteiger partial charge < -0.3 is 10.1 Å². The number of nitrogens with one attached hydrogen (secondary N) is 1. The van der Waals surface area contributed by atoms with Gasteiger partial charge in [0.15, 0.2) is 0 Å². The maximum atomic E-state index is 13.3. The molecule has 0 aromatic heterocycles. The molecule has 3 rings (SSSR count). The minimum Gasteiger partial charge on any atom is -0.494 e. The summed E-state index contributed by atoms with van der Waals surface area (Å²) in [4.78, 5) is 12.6. The van der Waals surface area contributed by atoms with E-state index in [4.69, 9.17) is 4.74 Å². The Labute approximate surface area is 183 Å². The summed E-state index contributed by atoms with van der Waals surface area (Å²) in [5.41, 5.74) is 0.334. The molecular formula is C23H29FN2O4S. The van der Waals surface area contributed by atoms with Gasteiger partial charge in [-0.2, -0.15) is 0 Å². The van der Waals surface area contributed by atoms with Crippen LogP contribution in [0.1, 0.15) is 39.0 Å². The minimum absolute atomic E-state index is 0.0807. The molecule has 0 saturated heterocycles. The summed E-state index contributed by atoms with van der Waals surface area (Å²) in [6.45, 7) is 2.53. The monoisotopic (exact) mass is 448 g/mol. The Balaban J connectivity index is 1.81. The molecule has 6 nitrogen and oxygen atoms in total. The van der Waals surface area contributed by atoms with Crippen LogP contribution in [0, 0.1) is 11.7 Å². The van der Waals surface area contributed by atoms with Crippen molar-refractivity contribution in [2.24, 2.45) is 5.92 Å². The number of rotatable bonds is 9. The SMILES string of the molecule is CCOc1ccc(N(CC(=O)NCC2CCCCC2)S(=O)(=O)c2ccc(F)cc2)cc1. The zero-order valence-electron chi connectivity index (χ0n) is 17.7. The molecule has 0 radical (unpaired) electrons. The van der Waals surface area contributed by atoms with Crippen LogP contribution in [0.2, 0.25) is 0 Å². The zero-order valence-corrected chi connectivity index (χ0v) is 18.5. The van der Waals surface area contributed by atoms with Gasteiger partial charge in [-0.15, -0.1) is 0 Å².